The highest BCUT2D eigenvalue weighted by atomic mass is 16.2. The van der Waals surface area contributed by atoms with Gasteiger partial charge in [-0.3, -0.25) is 9.59 Å². The summed E-state index contributed by atoms with van der Waals surface area (Å²) in [5.41, 5.74) is 1.98. The predicted octanol–water partition coefficient (Wildman–Crippen LogP) is 3.50. The molecule has 138 valence electrons. The summed E-state index contributed by atoms with van der Waals surface area (Å²) in [4.78, 5) is 24.1. The summed E-state index contributed by atoms with van der Waals surface area (Å²) in [6, 6.07) is 7.84. The highest BCUT2D eigenvalue weighted by molar-refractivity contribution is 5.97. The normalized spacial score (nSPS) is 17.2. The van der Waals surface area contributed by atoms with Crippen molar-refractivity contribution in [3.63, 3.8) is 0 Å². The molecule has 0 spiro atoms. The van der Waals surface area contributed by atoms with Crippen molar-refractivity contribution in [2.24, 2.45) is 5.92 Å². The van der Waals surface area contributed by atoms with Gasteiger partial charge in [-0.25, -0.2) is 0 Å². The Morgan fingerprint density at radius 2 is 2.00 bits per heavy atom. The summed E-state index contributed by atoms with van der Waals surface area (Å²) < 4.78 is 0. The molecule has 1 aliphatic heterocycles. The zero-order valence-corrected chi connectivity index (χ0v) is 15.5. The molecular formula is C21H32N2O2. The minimum absolute atomic E-state index is 0.0170. The largest absolute Gasteiger partial charge is 0.356 e. The Morgan fingerprint density at radius 3 is 2.68 bits per heavy atom. The maximum absolute atomic E-state index is 12.2. The van der Waals surface area contributed by atoms with Crippen LogP contribution in [0.25, 0.3) is 0 Å². The number of carbonyl (C=O) groups excluding carboxylic acids is 2. The number of rotatable bonds is 10. The third-order valence-corrected chi connectivity index (χ3v) is 4.95. The van der Waals surface area contributed by atoms with Crippen molar-refractivity contribution in [1.82, 2.24) is 10.6 Å². The predicted molar refractivity (Wildman–Crippen MR) is 102 cm³/mol. The maximum Gasteiger partial charge on any atom is 0.220 e. The van der Waals surface area contributed by atoms with Crippen LogP contribution in [0.3, 0.4) is 0 Å². The summed E-state index contributed by atoms with van der Waals surface area (Å²) in [5.74, 6) is 0.701. The van der Waals surface area contributed by atoms with Crippen LogP contribution in [0.5, 0.6) is 0 Å². The van der Waals surface area contributed by atoms with E-state index in [2.05, 4.69) is 17.6 Å². The summed E-state index contributed by atoms with van der Waals surface area (Å²) >= 11 is 0. The minimum Gasteiger partial charge on any atom is -0.356 e. The molecule has 4 heteroatoms. The molecule has 0 bridgehead atoms. The molecule has 2 rings (SSSR count). The average Bonchev–Trinajstić information content (AvgIpc) is 2.65. The molecule has 1 aromatic carbocycles. The standard InChI is InChI=1S/C21H32N2O2/c1-2-3-5-17-7-9-19(10-8-17)20(24)11-12-21(25)23-15-13-18-6-4-14-22-16-18/h7-10,18,22H,2-6,11-16H2,1H3,(H,23,25). The van der Waals surface area contributed by atoms with Crippen molar-refractivity contribution in [2.45, 2.75) is 58.3 Å². The Bertz CT molecular complexity index is 533. The lowest BCUT2D eigenvalue weighted by atomic mass is 9.96. The third kappa shape index (κ3) is 7.39. The molecule has 0 saturated carbocycles. The lowest BCUT2D eigenvalue weighted by Crippen LogP contribution is -2.33. The summed E-state index contributed by atoms with van der Waals surface area (Å²) in [7, 11) is 0. The van der Waals surface area contributed by atoms with Crippen molar-refractivity contribution < 1.29 is 9.59 Å². The van der Waals surface area contributed by atoms with Gasteiger partial charge in [0.15, 0.2) is 5.78 Å². The maximum atomic E-state index is 12.2. The molecule has 1 amide bonds. The molecule has 2 N–H and O–H groups in total. The SMILES string of the molecule is CCCCc1ccc(C(=O)CCC(=O)NCCC2CCCNC2)cc1. The minimum atomic E-state index is -0.0170. The van der Waals surface area contributed by atoms with Crippen LogP contribution < -0.4 is 10.6 Å². The van der Waals surface area contributed by atoms with E-state index < -0.39 is 0 Å². The summed E-state index contributed by atoms with van der Waals surface area (Å²) in [6.07, 6.45) is 7.46. The molecule has 1 aliphatic rings. The van der Waals surface area contributed by atoms with E-state index in [-0.39, 0.29) is 24.5 Å². The van der Waals surface area contributed by atoms with Crippen molar-refractivity contribution in [2.75, 3.05) is 19.6 Å². The quantitative estimate of drug-likeness (QED) is 0.639. The number of unbranched alkanes of at least 4 members (excludes halogenated alkanes) is 1. The number of amides is 1. The fourth-order valence-electron chi connectivity index (χ4n) is 3.28. The van der Waals surface area contributed by atoms with E-state index in [0.29, 0.717) is 18.0 Å². The van der Waals surface area contributed by atoms with Gasteiger partial charge in [-0.05, 0) is 56.7 Å². The van der Waals surface area contributed by atoms with Gasteiger partial charge in [-0.2, -0.15) is 0 Å². The molecule has 1 unspecified atom stereocenters. The Balaban J connectivity index is 1.63. The number of hydrogen-bond donors (Lipinski definition) is 2. The molecule has 1 saturated heterocycles. The Morgan fingerprint density at radius 1 is 1.20 bits per heavy atom. The number of Topliss-reactive ketones (excluding diaryl/α,β-unsaturated/α-hetero) is 1. The number of aryl methyl sites for hydroxylation is 1. The van der Waals surface area contributed by atoms with Gasteiger partial charge in [0.05, 0.1) is 0 Å². The van der Waals surface area contributed by atoms with Crippen molar-refractivity contribution >= 4 is 11.7 Å². The number of hydrogen-bond acceptors (Lipinski definition) is 3. The molecule has 1 atom stereocenters. The van der Waals surface area contributed by atoms with E-state index in [1.807, 2.05) is 24.3 Å². The first-order valence-corrected chi connectivity index (χ1v) is 9.78. The molecular weight excluding hydrogens is 312 g/mol. The van der Waals surface area contributed by atoms with E-state index >= 15 is 0 Å². The fraction of sp³-hybridized carbons (Fsp3) is 0.619. The molecule has 1 fully saturated rings. The van der Waals surface area contributed by atoms with Gasteiger partial charge in [-0.15, -0.1) is 0 Å². The average molecular weight is 344 g/mol. The molecule has 4 nitrogen and oxygen atoms in total. The van der Waals surface area contributed by atoms with Gasteiger partial charge >= 0.3 is 0 Å². The first-order chi connectivity index (χ1) is 12.2. The smallest absolute Gasteiger partial charge is 0.220 e. The van der Waals surface area contributed by atoms with Gasteiger partial charge in [0, 0.05) is 24.9 Å². The van der Waals surface area contributed by atoms with Crippen LogP contribution in [0.1, 0.15) is 67.8 Å². The van der Waals surface area contributed by atoms with Crippen molar-refractivity contribution in [3.05, 3.63) is 35.4 Å². The van der Waals surface area contributed by atoms with Gasteiger partial charge in [0.25, 0.3) is 0 Å². The lowest BCUT2D eigenvalue weighted by molar-refractivity contribution is -0.121. The van der Waals surface area contributed by atoms with E-state index in [0.717, 1.165) is 25.9 Å². The van der Waals surface area contributed by atoms with Crippen LogP contribution in [0.15, 0.2) is 24.3 Å². The van der Waals surface area contributed by atoms with Gasteiger partial charge < -0.3 is 10.6 Å². The van der Waals surface area contributed by atoms with Gasteiger partial charge in [0.1, 0.15) is 0 Å². The first kappa shape index (κ1) is 19.6. The van der Waals surface area contributed by atoms with Gasteiger partial charge in [0.2, 0.25) is 5.91 Å². The zero-order chi connectivity index (χ0) is 17.9. The van der Waals surface area contributed by atoms with Gasteiger partial charge in [-0.1, -0.05) is 37.6 Å². The van der Waals surface area contributed by atoms with Crippen molar-refractivity contribution in [1.29, 1.82) is 0 Å². The highest BCUT2D eigenvalue weighted by Gasteiger charge is 2.13. The lowest BCUT2D eigenvalue weighted by Gasteiger charge is -2.22. The van der Waals surface area contributed by atoms with E-state index in [9.17, 15) is 9.59 Å². The van der Waals surface area contributed by atoms with Crippen LogP contribution in [0.4, 0.5) is 0 Å². The molecule has 25 heavy (non-hydrogen) atoms. The third-order valence-electron chi connectivity index (χ3n) is 4.95. The van der Waals surface area contributed by atoms with E-state index in [1.165, 1.54) is 31.2 Å². The number of nitrogens with one attached hydrogen (secondary N) is 2. The number of ketones is 1. The highest BCUT2D eigenvalue weighted by Crippen LogP contribution is 2.13. The number of carbonyl (C=O) groups is 2. The van der Waals surface area contributed by atoms with E-state index in [4.69, 9.17) is 0 Å². The van der Waals surface area contributed by atoms with Crippen molar-refractivity contribution in [3.8, 4) is 0 Å². The first-order valence-electron chi connectivity index (χ1n) is 9.78. The number of piperidine rings is 1. The topological polar surface area (TPSA) is 58.2 Å². The van der Waals surface area contributed by atoms with Crippen LogP contribution in [0, 0.1) is 5.92 Å². The second kappa shape index (κ2) is 11.0. The van der Waals surface area contributed by atoms with Crippen LogP contribution in [-0.2, 0) is 11.2 Å². The molecule has 0 radical (unpaired) electrons. The molecule has 0 aromatic heterocycles. The monoisotopic (exact) mass is 344 g/mol. The van der Waals surface area contributed by atoms with E-state index in [1.54, 1.807) is 0 Å². The Hall–Kier alpha value is -1.68. The fourth-order valence-corrected chi connectivity index (χ4v) is 3.28. The molecule has 1 aromatic rings. The summed E-state index contributed by atoms with van der Waals surface area (Å²) in [6.45, 7) is 5.06. The Labute approximate surface area is 151 Å². The second-order valence-corrected chi connectivity index (χ2v) is 7.07. The second-order valence-electron chi connectivity index (χ2n) is 7.07. The summed E-state index contributed by atoms with van der Waals surface area (Å²) in [5, 5.41) is 6.34. The van der Waals surface area contributed by atoms with Crippen LogP contribution in [-0.4, -0.2) is 31.3 Å². The molecule has 1 heterocycles. The van der Waals surface area contributed by atoms with Crippen LogP contribution >= 0.6 is 0 Å². The number of benzene rings is 1. The molecule has 0 aliphatic carbocycles. The van der Waals surface area contributed by atoms with Crippen LogP contribution in [0.2, 0.25) is 0 Å². The zero-order valence-electron chi connectivity index (χ0n) is 15.5. The Kier molecular flexibility index (Phi) is 8.67.